The molecular weight excluding hydrogens is 187 g/mol. The first kappa shape index (κ1) is 13.6. The second-order valence-electron chi connectivity index (χ2n) is 3.62. The van der Waals surface area contributed by atoms with Gasteiger partial charge in [0.2, 0.25) is 7.98 Å². The van der Waals surface area contributed by atoms with E-state index in [0.29, 0.717) is 5.70 Å². The Bertz CT molecular complexity index is 325. The Labute approximate surface area is 92.8 Å². The molecule has 0 aliphatic heterocycles. The van der Waals surface area contributed by atoms with Gasteiger partial charge in [-0.05, 0) is 39.3 Å². The van der Waals surface area contributed by atoms with Gasteiger partial charge < -0.3 is 10.5 Å². The Hall–Kier alpha value is -1.45. The summed E-state index contributed by atoms with van der Waals surface area (Å²) >= 11 is 0. The monoisotopic (exact) mass is 204 g/mol. The molecule has 4 heteroatoms. The first-order chi connectivity index (χ1) is 6.88. The zero-order valence-corrected chi connectivity index (χ0v) is 9.77. The fourth-order valence-electron chi connectivity index (χ4n) is 0.785. The lowest BCUT2D eigenvalue weighted by molar-refractivity contribution is 0.248. The molecule has 0 heterocycles. The molecular formula is C11H17BN2O. The Kier molecular flexibility index (Phi) is 5.53. The van der Waals surface area contributed by atoms with Crippen molar-refractivity contribution >= 4 is 14.0 Å². The van der Waals surface area contributed by atoms with Gasteiger partial charge >= 0.3 is 6.03 Å². The summed E-state index contributed by atoms with van der Waals surface area (Å²) in [5, 5.41) is 4.61. The van der Waals surface area contributed by atoms with Crippen LogP contribution in [-0.4, -0.2) is 14.0 Å². The average molecular weight is 204 g/mol. The molecule has 0 aromatic carbocycles. The van der Waals surface area contributed by atoms with Crippen LogP contribution in [-0.2, 0) is 0 Å². The summed E-state index contributed by atoms with van der Waals surface area (Å²) in [5.41, 5.74) is 3.71. The molecule has 0 unspecified atom stereocenters. The van der Waals surface area contributed by atoms with Crippen LogP contribution < -0.4 is 10.5 Å². The molecule has 0 aromatic rings. The minimum Gasteiger partial charge on any atom is -0.391 e. The van der Waals surface area contributed by atoms with E-state index in [-0.39, 0.29) is 0 Å². The van der Waals surface area contributed by atoms with E-state index in [2.05, 4.69) is 11.9 Å². The van der Waals surface area contributed by atoms with E-state index in [4.69, 9.17) is 7.98 Å². The van der Waals surface area contributed by atoms with E-state index in [1.165, 1.54) is 5.57 Å². The van der Waals surface area contributed by atoms with Crippen LogP contribution in [0.4, 0.5) is 4.79 Å². The Balaban J connectivity index is 4.91. The molecule has 15 heavy (non-hydrogen) atoms. The van der Waals surface area contributed by atoms with Gasteiger partial charge in [-0.3, -0.25) is 0 Å². The van der Waals surface area contributed by atoms with Crippen LogP contribution in [0, 0.1) is 0 Å². The van der Waals surface area contributed by atoms with Crippen LogP contribution in [0.3, 0.4) is 0 Å². The molecule has 0 rings (SSSR count). The van der Waals surface area contributed by atoms with E-state index >= 15 is 0 Å². The standard InChI is InChI=1S/C11H17BN2O/c1-7(2)9(5)6-10(8(3)4)13-11(15)14-12/h6H,3H2,1-2,4-5H3,(H2,13,14,15)/b10-6+. The fraction of sp³-hybridized carbons (Fsp3) is 0.364. The molecule has 0 saturated heterocycles. The first-order valence-electron chi connectivity index (χ1n) is 4.67. The third-order valence-corrected chi connectivity index (χ3v) is 1.99. The lowest BCUT2D eigenvalue weighted by atomic mass is 10.1. The predicted octanol–water partition coefficient (Wildman–Crippen LogP) is 2.19. The zero-order chi connectivity index (χ0) is 12.0. The Morgan fingerprint density at radius 1 is 1.27 bits per heavy atom. The maximum absolute atomic E-state index is 11.0. The van der Waals surface area contributed by atoms with Gasteiger partial charge in [-0.1, -0.05) is 17.7 Å². The van der Waals surface area contributed by atoms with Crippen LogP contribution in [0.25, 0.3) is 0 Å². The number of hydrogen-bond donors (Lipinski definition) is 2. The van der Waals surface area contributed by atoms with Crippen LogP contribution in [0.5, 0.6) is 0 Å². The lowest BCUT2D eigenvalue weighted by Crippen LogP contribution is -2.33. The van der Waals surface area contributed by atoms with Gasteiger partial charge in [-0.15, -0.1) is 0 Å². The van der Waals surface area contributed by atoms with Gasteiger partial charge in [0.05, 0.1) is 0 Å². The maximum atomic E-state index is 11.0. The highest BCUT2D eigenvalue weighted by Crippen LogP contribution is 2.10. The van der Waals surface area contributed by atoms with E-state index in [1.54, 1.807) is 0 Å². The number of urea groups is 1. The number of hydrogen-bond acceptors (Lipinski definition) is 1. The molecule has 2 radical (unpaired) electrons. The molecule has 0 spiro atoms. The summed E-state index contributed by atoms with van der Waals surface area (Å²) < 4.78 is 0. The Morgan fingerprint density at radius 3 is 2.13 bits per heavy atom. The van der Waals surface area contributed by atoms with E-state index in [0.717, 1.165) is 11.1 Å². The van der Waals surface area contributed by atoms with Gasteiger partial charge in [0.1, 0.15) is 0 Å². The molecule has 0 aliphatic rings. The minimum atomic E-state index is -0.453. The van der Waals surface area contributed by atoms with Crippen molar-refractivity contribution in [3.05, 3.63) is 35.1 Å². The van der Waals surface area contributed by atoms with Crippen LogP contribution in [0.1, 0.15) is 27.7 Å². The van der Waals surface area contributed by atoms with Gasteiger partial charge in [-0.25, -0.2) is 4.79 Å². The van der Waals surface area contributed by atoms with Crippen molar-refractivity contribution in [3.8, 4) is 0 Å². The molecule has 0 saturated carbocycles. The van der Waals surface area contributed by atoms with Gasteiger partial charge in [-0.2, -0.15) is 0 Å². The molecule has 3 nitrogen and oxygen atoms in total. The van der Waals surface area contributed by atoms with Gasteiger partial charge in [0.15, 0.2) is 0 Å². The van der Waals surface area contributed by atoms with Crippen molar-refractivity contribution in [2.24, 2.45) is 0 Å². The minimum absolute atomic E-state index is 0.453. The quantitative estimate of drug-likeness (QED) is 0.536. The number of carbonyl (C=O) groups excluding carboxylic acids is 1. The SMILES string of the molecule is [B]NC(=O)N/C(=C/C(C)=C(C)C)C(=C)C. The highest BCUT2D eigenvalue weighted by molar-refractivity contribution is 6.14. The molecule has 2 N–H and O–H groups in total. The van der Waals surface area contributed by atoms with Crippen molar-refractivity contribution in [1.82, 2.24) is 10.5 Å². The summed E-state index contributed by atoms with van der Waals surface area (Å²) in [6.45, 7) is 11.6. The summed E-state index contributed by atoms with van der Waals surface area (Å²) in [5.74, 6) is 0. The maximum Gasteiger partial charge on any atom is 0.306 e. The molecule has 80 valence electrons. The predicted molar refractivity (Wildman–Crippen MR) is 64.4 cm³/mol. The summed E-state index contributed by atoms with van der Waals surface area (Å²) in [6, 6.07) is -0.453. The molecule has 0 bridgehead atoms. The third-order valence-electron chi connectivity index (χ3n) is 1.99. The number of amides is 2. The number of carbonyl (C=O) groups is 1. The molecule has 0 fully saturated rings. The second-order valence-corrected chi connectivity index (χ2v) is 3.62. The average Bonchev–Trinajstić information content (AvgIpc) is 2.15. The largest absolute Gasteiger partial charge is 0.391 e. The lowest BCUT2D eigenvalue weighted by Gasteiger charge is -2.10. The van der Waals surface area contributed by atoms with E-state index < -0.39 is 6.03 Å². The molecule has 0 aliphatic carbocycles. The highest BCUT2D eigenvalue weighted by atomic mass is 16.2. The van der Waals surface area contributed by atoms with Crippen molar-refractivity contribution in [1.29, 1.82) is 0 Å². The van der Waals surface area contributed by atoms with Crippen LogP contribution in [0.2, 0.25) is 0 Å². The van der Waals surface area contributed by atoms with Crippen molar-refractivity contribution in [2.75, 3.05) is 0 Å². The van der Waals surface area contributed by atoms with Gasteiger partial charge in [0.25, 0.3) is 0 Å². The van der Waals surface area contributed by atoms with Gasteiger partial charge in [0, 0.05) is 5.70 Å². The summed E-state index contributed by atoms with van der Waals surface area (Å²) in [6.07, 6.45) is 1.87. The number of nitrogens with one attached hydrogen (secondary N) is 2. The summed E-state index contributed by atoms with van der Waals surface area (Å²) in [4.78, 5) is 11.0. The zero-order valence-electron chi connectivity index (χ0n) is 9.77. The topological polar surface area (TPSA) is 41.1 Å². The summed E-state index contributed by atoms with van der Waals surface area (Å²) in [7, 11) is 4.98. The van der Waals surface area contributed by atoms with Crippen molar-refractivity contribution in [3.63, 3.8) is 0 Å². The highest BCUT2D eigenvalue weighted by Gasteiger charge is 2.02. The fourth-order valence-corrected chi connectivity index (χ4v) is 0.785. The van der Waals surface area contributed by atoms with E-state index in [1.807, 2.05) is 39.0 Å². The molecule has 2 amide bonds. The molecule has 0 atom stereocenters. The van der Waals surface area contributed by atoms with Crippen LogP contribution >= 0.6 is 0 Å². The third kappa shape index (κ3) is 5.10. The van der Waals surface area contributed by atoms with E-state index in [9.17, 15) is 4.79 Å². The first-order valence-corrected chi connectivity index (χ1v) is 4.67. The number of allylic oxidation sites excluding steroid dienone is 4. The second kappa shape index (κ2) is 6.12. The van der Waals surface area contributed by atoms with Crippen molar-refractivity contribution < 1.29 is 4.79 Å². The number of rotatable bonds is 3. The van der Waals surface area contributed by atoms with Crippen LogP contribution in [0.15, 0.2) is 35.1 Å². The Morgan fingerprint density at radius 2 is 1.80 bits per heavy atom. The molecule has 0 aromatic heterocycles. The smallest absolute Gasteiger partial charge is 0.306 e. The van der Waals surface area contributed by atoms with Crippen molar-refractivity contribution in [2.45, 2.75) is 27.7 Å². The normalized spacial score (nSPS) is 10.5.